The van der Waals surface area contributed by atoms with Crippen molar-refractivity contribution >= 4 is 12.4 Å². The number of halogens is 3. The van der Waals surface area contributed by atoms with Gasteiger partial charge in [-0.1, -0.05) is 6.07 Å². The zero-order chi connectivity index (χ0) is 24.2. The lowest BCUT2D eigenvalue weighted by molar-refractivity contribution is -0.163. The molecule has 0 aromatic carbocycles. The molecule has 1 N–H and O–H groups in total. The molecule has 8 nitrogen and oxygen atoms in total. The number of furan rings is 1. The molecular weight excluding hydrogens is 443 g/mol. The molecular formula is C22H26F3N3O5. The summed E-state index contributed by atoms with van der Waals surface area (Å²) in [4.78, 5) is 36.8. The van der Waals surface area contributed by atoms with Crippen LogP contribution in [0, 0.1) is 5.92 Å². The molecule has 2 aromatic heterocycles. The second kappa shape index (κ2) is 10.2. The Kier molecular flexibility index (Phi) is 7.62. The molecule has 2 bridgehead atoms. The molecule has 1 saturated heterocycles. The van der Waals surface area contributed by atoms with E-state index in [1.807, 2.05) is 24.1 Å². The minimum Gasteiger partial charge on any atom is -0.483 e. The third-order valence-electron chi connectivity index (χ3n) is 5.86. The van der Waals surface area contributed by atoms with E-state index in [1.165, 1.54) is 4.90 Å². The lowest BCUT2D eigenvalue weighted by Crippen LogP contribution is -2.50. The van der Waals surface area contributed by atoms with Gasteiger partial charge < -0.3 is 19.0 Å². The van der Waals surface area contributed by atoms with E-state index in [0.717, 1.165) is 17.7 Å². The van der Waals surface area contributed by atoms with Crippen LogP contribution in [-0.2, 0) is 29.2 Å². The third-order valence-corrected chi connectivity index (χ3v) is 5.86. The number of hydrogen-bond acceptors (Lipinski definition) is 5. The lowest BCUT2D eigenvalue weighted by atomic mass is 9.83. The molecule has 4 heterocycles. The number of piperidine rings is 1. The third kappa shape index (κ3) is 6.25. The number of alkyl halides is 3. The maximum atomic E-state index is 13.1. The maximum absolute atomic E-state index is 13.1. The quantitative estimate of drug-likeness (QED) is 0.677. The summed E-state index contributed by atoms with van der Waals surface area (Å²) >= 11 is 0. The maximum Gasteiger partial charge on any atom is 0.397 e. The van der Waals surface area contributed by atoms with E-state index in [4.69, 9.17) is 14.3 Å². The van der Waals surface area contributed by atoms with Crippen LogP contribution in [0.4, 0.5) is 13.2 Å². The van der Waals surface area contributed by atoms with Gasteiger partial charge in [0.05, 0.1) is 12.5 Å². The first-order valence-electron chi connectivity index (χ1n) is 10.5. The van der Waals surface area contributed by atoms with Crippen LogP contribution in [0.3, 0.4) is 0 Å². The Morgan fingerprint density at radius 2 is 1.97 bits per heavy atom. The molecule has 2 aromatic rings. The predicted octanol–water partition coefficient (Wildman–Crippen LogP) is 2.67. The fourth-order valence-electron chi connectivity index (χ4n) is 4.64. The first kappa shape index (κ1) is 24.6. The van der Waals surface area contributed by atoms with Crippen molar-refractivity contribution in [3.8, 4) is 0 Å². The predicted molar refractivity (Wildman–Crippen MR) is 111 cm³/mol. The van der Waals surface area contributed by atoms with E-state index in [0.29, 0.717) is 25.2 Å². The van der Waals surface area contributed by atoms with Crippen LogP contribution in [-0.4, -0.2) is 58.2 Å². The van der Waals surface area contributed by atoms with Crippen molar-refractivity contribution in [3.63, 3.8) is 0 Å². The second-order valence-corrected chi connectivity index (χ2v) is 8.50. The number of fused-ring (bicyclic) bond motifs is 4. The number of aromatic nitrogens is 1. The van der Waals surface area contributed by atoms with Crippen LogP contribution in [0.25, 0.3) is 0 Å². The van der Waals surface area contributed by atoms with E-state index in [-0.39, 0.29) is 37.0 Å². The number of hydrogen-bond donors (Lipinski definition) is 1. The summed E-state index contributed by atoms with van der Waals surface area (Å²) in [5.74, 6) is -1.00. The van der Waals surface area contributed by atoms with Gasteiger partial charge in [-0.2, -0.15) is 13.2 Å². The molecule has 11 heteroatoms. The number of likely N-dealkylation sites (tertiary alicyclic amines) is 1. The van der Waals surface area contributed by atoms with Crippen LogP contribution in [0.15, 0.2) is 39.9 Å². The summed E-state index contributed by atoms with van der Waals surface area (Å²) in [5, 5.41) is 6.89. The largest absolute Gasteiger partial charge is 0.483 e. The second-order valence-electron chi connectivity index (χ2n) is 8.50. The molecule has 1 fully saturated rings. The highest BCUT2D eigenvalue weighted by atomic mass is 19.4. The van der Waals surface area contributed by atoms with Crippen molar-refractivity contribution in [1.82, 2.24) is 14.4 Å². The number of carbonyl (C=O) groups excluding carboxylic acids is 1. The molecule has 180 valence electrons. The van der Waals surface area contributed by atoms with E-state index in [2.05, 4.69) is 0 Å². The Morgan fingerprint density at radius 1 is 1.24 bits per heavy atom. The molecule has 0 spiro atoms. The molecule has 4 rings (SSSR count). The van der Waals surface area contributed by atoms with Crippen LogP contribution in [0.2, 0.25) is 0 Å². The topological polar surface area (TPSA) is 96.0 Å². The van der Waals surface area contributed by atoms with E-state index >= 15 is 0 Å². The minimum atomic E-state index is -4.50. The van der Waals surface area contributed by atoms with Crippen LogP contribution < -0.4 is 5.56 Å². The zero-order valence-electron chi connectivity index (χ0n) is 18.1. The molecule has 1 amide bonds. The number of nitrogens with zero attached hydrogens (tertiary/aromatic N) is 3. The highest BCUT2D eigenvalue weighted by molar-refractivity contribution is 5.77. The highest BCUT2D eigenvalue weighted by Gasteiger charge is 2.40. The van der Waals surface area contributed by atoms with Crippen molar-refractivity contribution < 1.29 is 32.3 Å². The first-order chi connectivity index (χ1) is 15.6. The van der Waals surface area contributed by atoms with Crippen molar-refractivity contribution in [1.29, 1.82) is 0 Å². The van der Waals surface area contributed by atoms with Gasteiger partial charge in [-0.3, -0.25) is 19.3 Å². The van der Waals surface area contributed by atoms with Crippen LogP contribution >= 0.6 is 0 Å². The van der Waals surface area contributed by atoms with Crippen molar-refractivity contribution in [2.75, 3.05) is 20.1 Å². The fourth-order valence-corrected chi connectivity index (χ4v) is 4.64. The normalized spacial score (nSPS) is 19.5. The van der Waals surface area contributed by atoms with Gasteiger partial charge in [-0.05, 0) is 31.5 Å². The Bertz CT molecular complexity index is 1020. The Labute approximate surface area is 188 Å². The van der Waals surface area contributed by atoms with Gasteiger partial charge in [0.2, 0.25) is 5.91 Å². The Hall–Kier alpha value is -3.08. The van der Waals surface area contributed by atoms with E-state index in [9.17, 15) is 22.8 Å². The number of amides is 1. The van der Waals surface area contributed by atoms with Gasteiger partial charge in [0.15, 0.2) is 0 Å². The number of pyridine rings is 1. The van der Waals surface area contributed by atoms with Crippen LogP contribution in [0.1, 0.15) is 35.6 Å². The summed E-state index contributed by atoms with van der Waals surface area (Å²) in [6.45, 7) is 1.81. The molecule has 33 heavy (non-hydrogen) atoms. The number of carbonyl (C=O) groups is 2. The Balaban J connectivity index is 0.000000968. The van der Waals surface area contributed by atoms with Gasteiger partial charge in [0.1, 0.15) is 6.42 Å². The SMILES string of the molecule is CN(Cc1ccoc1)Cc1ccc2n(c1=O)C[C@H]1C[C@@H]2CN(C(=O)CC(F)(F)F)C1.O=CO. The molecule has 2 aliphatic rings. The summed E-state index contributed by atoms with van der Waals surface area (Å²) in [7, 11) is 1.93. The number of rotatable bonds is 5. The van der Waals surface area contributed by atoms with Crippen molar-refractivity contribution in [2.45, 2.75) is 44.6 Å². The van der Waals surface area contributed by atoms with Crippen molar-refractivity contribution in [2.24, 2.45) is 5.92 Å². The average Bonchev–Trinajstić information content (AvgIpc) is 3.22. The van der Waals surface area contributed by atoms with Gasteiger partial charge in [-0.25, -0.2) is 0 Å². The highest BCUT2D eigenvalue weighted by Crippen LogP contribution is 2.36. The monoisotopic (exact) mass is 469 g/mol. The summed E-state index contributed by atoms with van der Waals surface area (Å²) < 4.78 is 44.7. The standard InChI is InChI=1S/C21H24F3N3O3.CH2O2/c1-25(8-14-4-5-30-13-14)11-16-2-3-18-17-6-15(10-27(18)20(16)29)9-26(12-17)19(28)7-21(22,23)24;2-1-3/h2-5,13,15,17H,6-12H2,1H3;1H,(H,2,3)/t15-,17+;/m0./s1. The summed E-state index contributed by atoms with van der Waals surface area (Å²) in [6, 6.07) is 5.57. The molecule has 0 radical (unpaired) electrons. The summed E-state index contributed by atoms with van der Waals surface area (Å²) in [5.41, 5.74) is 2.45. The first-order valence-corrected chi connectivity index (χ1v) is 10.5. The fraction of sp³-hybridized carbons (Fsp3) is 0.500. The molecule has 0 aliphatic carbocycles. The minimum absolute atomic E-state index is 0.00922. The van der Waals surface area contributed by atoms with Gasteiger partial charge in [0.25, 0.3) is 12.0 Å². The lowest BCUT2D eigenvalue weighted by Gasteiger charge is -2.43. The molecule has 2 aliphatic heterocycles. The van der Waals surface area contributed by atoms with Gasteiger partial charge in [0, 0.05) is 55.5 Å². The van der Waals surface area contributed by atoms with E-state index in [1.54, 1.807) is 23.2 Å². The van der Waals surface area contributed by atoms with E-state index < -0.39 is 18.5 Å². The van der Waals surface area contributed by atoms with Gasteiger partial charge >= 0.3 is 6.18 Å². The molecule has 0 saturated carbocycles. The zero-order valence-corrected chi connectivity index (χ0v) is 18.1. The van der Waals surface area contributed by atoms with Crippen LogP contribution in [0.5, 0.6) is 0 Å². The Morgan fingerprint density at radius 3 is 2.61 bits per heavy atom. The number of carboxylic acid groups (broad SMARTS) is 1. The van der Waals surface area contributed by atoms with Crippen molar-refractivity contribution in [3.05, 3.63) is 57.9 Å². The summed E-state index contributed by atoms with van der Waals surface area (Å²) in [6.07, 6.45) is -1.87. The average molecular weight is 469 g/mol. The molecule has 2 atom stereocenters. The smallest absolute Gasteiger partial charge is 0.397 e. The van der Waals surface area contributed by atoms with Gasteiger partial charge in [-0.15, -0.1) is 0 Å². The molecule has 0 unspecified atom stereocenters.